The second-order valence-corrected chi connectivity index (χ2v) is 35.1. The van der Waals surface area contributed by atoms with Gasteiger partial charge in [0.2, 0.25) is 16.3 Å². The summed E-state index contributed by atoms with van der Waals surface area (Å²) in [6.07, 6.45) is 10.9. The van der Waals surface area contributed by atoms with E-state index in [9.17, 15) is 85.1 Å². The maximum Gasteiger partial charge on any atom is 1.00 e. The predicted molar refractivity (Wildman–Crippen MR) is 421 cm³/mol. The number of aliphatic hydroxyl groups is 2. The molecule has 9 heterocycles. The molecule has 4 N–H and O–H groups in total. The van der Waals surface area contributed by atoms with Crippen molar-refractivity contribution >= 4 is 74.7 Å². The number of carbonyl (C=O) groups excluding carboxylic acids is 4. The normalized spacial score (nSPS) is 24.5. The number of halogens is 8. The van der Waals surface area contributed by atoms with Crippen molar-refractivity contribution in [1.29, 1.82) is 0 Å². The number of nitrogens with zero attached hydrogens (tertiary/aromatic N) is 15. The van der Waals surface area contributed by atoms with E-state index >= 15 is 0 Å². The molecule has 30 nitrogen and oxygen atoms in total. The first-order chi connectivity index (χ1) is 56.5. The SMILES string of the molecule is CC(C)COC(=O)Cl.CN1C(=O)c2c(O)c(=O)c(-c3nnc(Cc4ccc(F)cc4F)s3)cn2N(C)C12CC[C@@H]1C[C@@]12CO.COc1c2n(cc(-c3nnc(Cc4ccc(F)cc4F)s3)c1=O)N(C)C1(CC[C@@H]3C[C@@]31C(=O)O)N(C)C2=O.COc1c2n(cc(-c3nnc(Cc4ccc(F)cc4F)s3)c1=O)N(C)C1(CC[C@@H]3C[C@@]31CO)N(C)C2=O.[Cl-].[Li+]. The van der Waals surface area contributed by atoms with Gasteiger partial charge in [-0.25, -0.2) is 31.1 Å². The van der Waals surface area contributed by atoms with Crippen LogP contribution < -0.4 is 72.1 Å². The molecule has 0 saturated heterocycles. The molecule has 636 valence electrons. The van der Waals surface area contributed by atoms with E-state index in [-0.39, 0.29) is 153 Å². The van der Waals surface area contributed by atoms with Crippen molar-refractivity contribution in [3.8, 4) is 49.0 Å². The summed E-state index contributed by atoms with van der Waals surface area (Å²) in [4.78, 5) is 108. The van der Waals surface area contributed by atoms with Crippen LogP contribution >= 0.6 is 45.6 Å². The van der Waals surface area contributed by atoms with Crippen LogP contribution in [0.4, 0.5) is 31.1 Å². The number of aliphatic carboxylic acids is 1. The Balaban J connectivity index is 0.000000148. The average Bonchev–Trinajstić information content (AvgIpc) is 1.51. The van der Waals surface area contributed by atoms with Gasteiger partial charge in [-0.2, -0.15) is 0 Å². The molecule has 18 rings (SSSR count). The second kappa shape index (κ2) is 32.7. The molecule has 9 atom stereocenters. The Kier molecular flexibility index (Phi) is 24.0. The molecule has 6 aromatic heterocycles. The van der Waals surface area contributed by atoms with Gasteiger partial charge in [-0.3, -0.25) is 62.6 Å². The van der Waals surface area contributed by atoms with Crippen LogP contribution in [-0.2, 0) is 28.8 Å². The second-order valence-electron chi connectivity index (χ2n) is 31.6. The number of pyridine rings is 3. The van der Waals surface area contributed by atoms with Crippen molar-refractivity contribution < 1.29 is 116 Å². The zero-order valence-corrected chi connectivity index (χ0v) is 71.0. The number of fused-ring (bicyclic) bond motifs is 9. The summed E-state index contributed by atoms with van der Waals surface area (Å²) >= 11 is 8.07. The van der Waals surface area contributed by atoms with Gasteiger partial charge in [0, 0.05) is 121 Å². The number of rotatable bonds is 16. The monoisotopic (exact) mass is 1770 g/mol. The summed E-state index contributed by atoms with van der Waals surface area (Å²) in [6.45, 7) is 4.18. The van der Waals surface area contributed by atoms with Crippen molar-refractivity contribution in [2.24, 2.45) is 39.9 Å². The molecule has 6 fully saturated rings. The molecule has 6 saturated carbocycles. The number of aromatic nitrogens is 9. The number of carboxylic acids is 1. The van der Waals surface area contributed by atoms with Crippen LogP contribution in [0, 0.1) is 74.8 Å². The Bertz CT molecular complexity index is 5900. The van der Waals surface area contributed by atoms with Crippen LogP contribution in [0.1, 0.15) is 135 Å². The van der Waals surface area contributed by atoms with E-state index < -0.39 is 113 Å². The van der Waals surface area contributed by atoms with E-state index in [1.165, 1.54) is 65.1 Å². The number of carbonyl (C=O) groups is 5. The van der Waals surface area contributed by atoms with Crippen molar-refractivity contribution in [1.82, 2.24) is 59.3 Å². The topological polar surface area (TPSA) is 357 Å². The molecule has 121 heavy (non-hydrogen) atoms. The van der Waals surface area contributed by atoms with Crippen molar-refractivity contribution in [2.45, 2.75) is 108 Å². The number of aromatic hydroxyl groups is 1. The van der Waals surface area contributed by atoms with Gasteiger partial charge in [0.1, 0.15) is 72.3 Å². The minimum atomic E-state index is -1.13. The van der Waals surface area contributed by atoms with Gasteiger partial charge in [0.05, 0.1) is 50.7 Å². The standard InChI is InChI=1S/C25H23F2N5O5S.C25H25F2N5O4S.C24H23F2N5O4S.C5H9ClO2.ClH.Li/c1-30-22(34)18-20(37-3)19(33)15(21-29-28-17(38-21)8-12-4-5-14(26)9-16(12)27)11-32(18)31(2)25(30)7-6-13-10-24(13,25)23(35)36;1-30-23(35)19-21(36-3)20(34)16(11-32(19)31(2)25(30)7-6-14-10-24(14,25)12-33)22-29-28-18(37-22)8-13-4-5-15(26)9-17(13)27;1-29-22(35)18-20(34)19(33)15(10-31(18)30(2)24(29)6-5-13-9-23(13,24)11-32)21-28-27-17(36-21)7-12-3-4-14(25)8-16(12)26;1-4(2)3-8-5(6)7;;/h4-5,9,11,13H,6-8,10H2,1-3H3,(H,35,36);4-5,9,11,14,33H,6-8,10,12H2,1-3H3;3-4,8,10,13,32,34H,5-7,9,11H2,1-2H3;4H,3H2,1-2H3;1H;/q;;;;;+1/p-1/t13-,24+,25?;14-,24-,25?;13-,23-,24?;;;/m111.../s1. The molecule has 3 unspecified atom stereocenters. The third kappa shape index (κ3) is 13.8. The number of carboxylic acid groups (broad SMARTS) is 1. The molecule has 3 amide bonds. The van der Waals surface area contributed by atoms with Gasteiger partial charge in [-0.05, 0) is 116 Å². The van der Waals surface area contributed by atoms with E-state index in [2.05, 4.69) is 35.3 Å². The molecule has 6 aliphatic carbocycles. The van der Waals surface area contributed by atoms with Crippen LogP contribution in [0.5, 0.6) is 17.2 Å². The van der Waals surface area contributed by atoms with E-state index in [1.54, 1.807) is 60.9 Å². The zero-order valence-electron chi connectivity index (χ0n) is 67.1. The fourth-order valence-corrected chi connectivity index (χ4v) is 22.2. The average molecular weight is 1770 g/mol. The smallest absolute Gasteiger partial charge is 1.00 e. The maximum atomic E-state index is 14.2. The predicted octanol–water partition coefficient (Wildman–Crippen LogP) is 2.97. The van der Waals surface area contributed by atoms with E-state index in [4.69, 9.17) is 21.1 Å². The van der Waals surface area contributed by atoms with E-state index in [0.29, 0.717) is 71.5 Å². The molecule has 42 heteroatoms. The summed E-state index contributed by atoms with van der Waals surface area (Å²) in [5.41, 5.74) is -6.32. The quantitative estimate of drug-likeness (QED) is 0.0613. The van der Waals surface area contributed by atoms with Gasteiger partial charge in [-0.1, -0.05) is 66.1 Å². The molecule has 3 aromatic carbocycles. The van der Waals surface area contributed by atoms with Crippen LogP contribution in [0.25, 0.3) is 31.7 Å². The molecule has 0 radical (unpaired) electrons. The van der Waals surface area contributed by atoms with Crippen LogP contribution in [0.3, 0.4) is 0 Å². The van der Waals surface area contributed by atoms with Crippen molar-refractivity contribution in [3.05, 3.63) is 188 Å². The maximum absolute atomic E-state index is 14.2. The minimum absolute atomic E-state index is 0. The summed E-state index contributed by atoms with van der Waals surface area (Å²) in [5.74, 6) is -6.54. The zero-order chi connectivity index (χ0) is 85.6. The molecule has 9 aliphatic rings. The van der Waals surface area contributed by atoms with Crippen molar-refractivity contribution in [2.75, 3.05) is 91.4 Å². The van der Waals surface area contributed by atoms with Gasteiger partial charge in [0.15, 0.2) is 49.4 Å². The Morgan fingerprint density at radius 2 is 0.860 bits per heavy atom. The molecule has 3 spiro atoms. The van der Waals surface area contributed by atoms with Crippen LogP contribution in [-0.4, -0.2) is 202 Å². The first-order valence-corrected chi connectivity index (χ1v) is 40.6. The van der Waals surface area contributed by atoms with Gasteiger partial charge < -0.3 is 61.7 Å². The Morgan fingerprint density at radius 3 is 1.18 bits per heavy atom. The molecular weight excluding hydrogens is 1690 g/mol. The number of hydrogen-bond acceptors (Lipinski definition) is 26. The third-order valence-electron chi connectivity index (χ3n) is 25.7. The summed E-state index contributed by atoms with van der Waals surface area (Å²) in [7, 11) is 12.9. The summed E-state index contributed by atoms with van der Waals surface area (Å²) in [5, 5.41) is 73.8. The van der Waals surface area contributed by atoms with Crippen LogP contribution in [0.15, 0.2) is 87.6 Å². The first-order valence-electron chi connectivity index (χ1n) is 37.8. The number of hydrogen-bond donors (Lipinski definition) is 4. The number of aliphatic hydroxyl groups excluding tert-OH is 2. The van der Waals surface area contributed by atoms with E-state index in [1.807, 2.05) is 30.9 Å². The number of ether oxygens (including phenoxy) is 3. The van der Waals surface area contributed by atoms with Crippen molar-refractivity contribution in [3.63, 3.8) is 0 Å². The molecule has 3 aliphatic heterocycles. The number of benzene rings is 3. The summed E-state index contributed by atoms with van der Waals surface area (Å²) in [6, 6.07) is 9.86. The number of methoxy groups -OCH3 is 2. The molecule has 0 bridgehead atoms. The fraction of sp³-hybridized carbons (Fsp3) is 0.443. The Morgan fingerprint density at radius 1 is 0.521 bits per heavy atom. The van der Waals surface area contributed by atoms with Crippen LogP contribution in [0.2, 0.25) is 0 Å². The molecule has 9 aromatic rings. The fourth-order valence-electron chi connectivity index (χ4n) is 19.5. The first kappa shape index (κ1) is 88.8. The minimum Gasteiger partial charge on any atom is -1.00 e. The van der Waals surface area contributed by atoms with Gasteiger partial charge in [-0.15, -0.1) is 30.6 Å². The summed E-state index contributed by atoms with van der Waals surface area (Å²) < 4.78 is 102. The Labute approximate surface area is 721 Å². The Hall–Kier alpha value is -9.98. The number of amides is 3. The van der Waals surface area contributed by atoms with Gasteiger partial charge in [0.25, 0.3) is 17.7 Å². The third-order valence-corrected chi connectivity index (χ3v) is 28.6. The largest absolute Gasteiger partial charge is 1.00 e. The van der Waals surface area contributed by atoms with E-state index in [0.717, 1.165) is 90.0 Å². The van der Waals surface area contributed by atoms with Gasteiger partial charge >= 0.3 is 30.3 Å². The molecular formula is C79H80Cl2F6LiN15O15S3.